The maximum Gasteiger partial charge on any atom is 0.317 e. The van der Waals surface area contributed by atoms with E-state index in [0.29, 0.717) is 12.6 Å². The van der Waals surface area contributed by atoms with Crippen LogP contribution in [0.3, 0.4) is 0 Å². The molecule has 6 nitrogen and oxygen atoms in total. The quantitative estimate of drug-likeness (QED) is 0.879. The normalized spacial score (nSPS) is 28.3. The lowest BCUT2D eigenvalue weighted by Crippen LogP contribution is -2.43. The summed E-state index contributed by atoms with van der Waals surface area (Å²) in [6, 6.07) is 4.23. The van der Waals surface area contributed by atoms with Crippen LogP contribution in [0.15, 0.2) is 24.5 Å². The second-order valence-electron chi connectivity index (χ2n) is 7.79. The molecule has 4 rings (SSSR count). The van der Waals surface area contributed by atoms with Crippen molar-refractivity contribution in [2.24, 2.45) is 11.3 Å². The summed E-state index contributed by atoms with van der Waals surface area (Å²) in [5.41, 5.74) is 1.08. The van der Waals surface area contributed by atoms with E-state index in [0.717, 1.165) is 44.3 Å². The van der Waals surface area contributed by atoms with Gasteiger partial charge in [0.05, 0.1) is 0 Å². The molecule has 1 saturated heterocycles. The molecule has 2 atom stereocenters. The Balaban J connectivity index is 1.25. The van der Waals surface area contributed by atoms with E-state index in [9.17, 15) is 9.59 Å². The first-order valence-electron chi connectivity index (χ1n) is 9.38. The van der Waals surface area contributed by atoms with Gasteiger partial charge in [-0.15, -0.1) is 0 Å². The molecular formula is C19H26N4O2. The van der Waals surface area contributed by atoms with Gasteiger partial charge in [-0.1, -0.05) is 12.8 Å². The highest BCUT2D eigenvalue weighted by Gasteiger charge is 2.61. The standard InChI is InChI=1S/C19H26N4O2/c24-17(21-12-14-5-8-20-9-6-14)16-11-19(16)7-10-23(13-19)18(25)22-15-3-1-2-4-15/h5-6,8-9,15-16H,1-4,7,10-13H2,(H,21,24)(H,22,25). The molecule has 1 aromatic rings. The number of likely N-dealkylation sites (tertiary alicyclic amines) is 1. The van der Waals surface area contributed by atoms with Crippen LogP contribution >= 0.6 is 0 Å². The number of nitrogens with one attached hydrogen (secondary N) is 2. The summed E-state index contributed by atoms with van der Waals surface area (Å²) < 4.78 is 0. The SMILES string of the molecule is O=C(NCc1ccncc1)C1CC12CCN(C(=O)NC1CCCC1)C2. The van der Waals surface area contributed by atoms with Gasteiger partial charge in [0.2, 0.25) is 5.91 Å². The number of amides is 3. The molecule has 3 amide bonds. The molecule has 1 aliphatic heterocycles. The van der Waals surface area contributed by atoms with Crippen LogP contribution in [-0.4, -0.2) is 41.0 Å². The van der Waals surface area contributed by atoms with Gasteiger partial charge in [0.15, 0.2) is 0 Å². The Hall–Kier alpha value is -2.11. The molecular weight excluding hydrogens is 316 g/mol. The zero-order chi connectivity index (χ0) is 17.3. The van der Waals surface area contributed by atoms with Crippen LogP contribution in [0.2, 0.25) is 0 Å². The molecule has 134 valence electrons. The van der Waals surface area contributed by atoms with Gasteiger partial charge in [0.25, 0.3) is 0 Å². The van der Waals surface area contributed by atoms with Gasteiger partial charge >= 0.3 is 6.03 Å². The minimum atomic E-state index is 0.0232. The second-order valence-corrected chi connectivity index (χ2v) is 7.79. The minimum Gasteiger partial charge on any atom is -0.352 e. The maximum atomic E-state index is 12.4. The van der Waals surface area contributed by atoms with Crippen molar-refractivity contribution in [2.45, 2.75) is 51.1 Å². The first-order valence-corrected chi connectivity index (χ1v) is 9.38. The van der Waals surface area contributed by atoms with E-state index in [4.69, 9.17) is 0 Å². The van der Waals surface area contributed by atoms with Crippen LogP contribution in [-0.2, 0) is 11.3 Å². The third-order valence-corrected chi connectivity index (χ3v) is 6.08. The molecule has 25 heavy (non-hydrogen) atoms. The molecule has 3 fully saturated rings. The molecule has 3 aliphatic rings. The lowest BCUT2D eigenvalue weighted by atomic mass is 10.0. The van der Waals surface area contributed by atoms with Crippen LogP contribution in [0.5, 0.6) is 0 Å². The predicted molar refractivity (Wildman–Crippen MR) is 93.6 cm³/mol. The van der Waals surface area contributed by atoms with Crippen molar-refractivity contribution in [1.82, 2.24) is 20.5 Å². The first kappa shape index (κ1) is 16.4. The molecule has 0 bridgehead atoms. The van der Waals surface area contributed by atoms with Crippen LogP contribution in [0.1, 0.15) is 44.1 Å². The van der Waals surface area contributed by atoms with Crippen LogP contribution in [0.25, 0.3) is 0 Å². The van der Waals surface area contributed by atoms with E-state index in [-0.39, 0.29) is 23.3 Å². The van der Waals surface area contributed by atoms with E-state index in [1.807, 2.05) is 17.0 Å². The predicted octanol–water partition coefficient (Wildman–Crippen LogP) is 2.06. The third-order valence-electron chi connectivity index (χ3n) is 6.08. The second kappa shape index (κ2) is 6.65. The number of urea groups is 1. The fourth-order valence-electron chi connectivity index (χ4n) is 4.39. The molecule has 0 aromatic carbocycles. The van der Waals surface area contributed by atoms with Crippen LogP contribution in [0.4, 0.5) is 4.79 Å². The number of nitrogens with zero attached hydrogens (tertiary/aromatic N) is 2. The van der Waals surface area contributed by atoms with E-state index < -0.39 is 0 Å². The summed E-state index contributed by atoms with van der Waals surface area (Å²) in [6.45, 7) is 2.03. The summed E-state index contributed by atoms with van der Waals surface area (Å²) in [7, 11) is 0. The van der Waals surface area contributed by atoms with Gasteiger partial charge in [-0.3, -0.25) is 9.78 Å². The lowest BCUT2D eigenvalue weighted by molar-refractivity contribution is -0.123. The fourth-order valence-corrected chi connectivity index (χ4v) is 4.39. The van der Waals surface area contributed by atoms with Gasteiger partial charge in [-0.05, 0) is 43.4 Å². The van der Waals surface area contributed by atoms with E-state index >= 15 is 0 Å². The molecule has 2 saturated carbocycles. The Morgan fingerprint density at radius 2 is 2.00 bits per heavy atom. The summed E-state index contributed by atoms with van der Waals surface area (Å²) in [5.74, 6) is 0.175. The fraction of sp³-hybridized carbons (Fsp3) is 0.632. The van der Waals surface area contributed by atoms with Crippen LogP contribution < -0.4 is 10.6 Å². The summed E-state index contributed by atoms with van der Waals surface area (Å²) in [4.78, 5) is 30.8. The number of rotatable bonds is 4. The van der Waals surface area contributed by atoms with Gasteiger partial charge < -0.3 is 15.5 Å². The number of pyridine rings is 1. The molecule has 2 heterocycles. The summed E-state index contributed by atoms with van der Waals surface area (Å²) >= 11 is 0. The molecule has 0 radical (unpaired) electrons. The van der Waals surface area contributed by atoms with Crippen molar-refractivity contribution < 1.29 is 9.59 Å². The topological polar surface area (TPSA) is 74.3 Å². The van der Waals surface area contributed by atoms with Crippen molar-refractivity contribution in [3.63, 3.8) is 0 Å². The Morgan fingerprint density at radius 3 is 2.76 bits per heavy atom. The number of aromatic nitrogens is 1. The summed E-state index contributed by atoms with van der Waals surface area (Å²) in [5, 5.41) is 6.19. The highest BCUT2D eigenvalue weighted by atomic mass is 16.2. The molecule has 1 aromatic heterocycles. The largest absolute Gasteiger partial charge is 0.352 e. The van der Waals surface area contributed by atoms with Crippen molar-refractivity contribution in [1.29, 1.82) is 0 Å². The number of hydrogen-bond acceptors (Lipinski definition) is 3. The molecule has 2 aliphatic carbocycles. The highest BCUT2D eigenvalue weighted by Crippen LogP contribution is 2.58. The zero-order valence-electron chi connectivity index (χ0n) is 14.5. The van der Waals surface area contributed by atoms with Crippen LogP contribution in [0, 0.1) is 11.3 Å². The zero-order valence-corrected chi connectivity index (χ0v) is 14.5. The molecule has 2 unspecified atom stereocenters. The molecule has 6 heteroatoms. The smallest absolute Gasteiger partial charge is 0.317 e. The third kappa shape index (κ3) is 3.48. The number of carbonyl (C=O) groups excluding carboxylic acids is 2. The van der Waals surface area contributed by atoms with Crippen molar-refractivity contribution >= 4 is 11.9 Å². The van der Waals surface area contributed by atoms with Gasteiger partial charge in [0, 0.05) is 49.4 Å². The Bertz CT molecular complexity index is 644. The van der Waals surface area contributed by atoms with E-state index in [1.54, 1.807) is 12.4 Å². The summed E-state index contributed by atoms with van der Waals surface area (Å²) in [6.07, 6.45) is 9.95. The molecule has 2 N–H and O–H groups in total. The monoisotopic (exact) mass is 342 g/mol. The van der Waals surface area contributed by atoms with Crippen molar-refractivity contribution in [2.75, 3.05) is 13.1 Å². The Morgan fingerprint density at radius 1 is 1.24 bits per heavy atom. The number of hydrogen-bond donors (Lipinski definition) is 2. The van der Waals surface area contributed by atoms with Gasteiger partial charge in [-0.25, -0.2) is 4.79 Å². The minimum absolute atomic E-state index is 0.0232. The van der Waals surface area contributed by atoms with E-state index in [2.05, 4.69) is 15.6 Å². The lowest BCUT2D eigenvalue weighted by Gasteiger charge is -2.20. The van der Waals surface area contributed by atoms with Gasteiger partial charge in [0.1, 0.15) is 0 Å². The van der Waals surface area contributed by atoms with E-state index in [1.165, 1.54) is 12.8 Å². The average Bonchev–Trinajstić information content (AvgIpc) is 2.96. The number of carbonyl (C=O) groups is 2. The first-order chi connectivity index (χ1) is 12.2. The van der Waals surface area contributed by atoms with Crippen molar-refractivity contribution in [3.05, 3.63) is 30.1 Å². The maximum absolute atomic E-state index is 12.4. The Kier molecular flexibility index (Phi) is 4.36. The Labute approximate surface area is 148 Å². The average molecular weight is 342 g/mol. The molecule has 1 spiro atoms. The van der Waals surface area contributed by atoms with Crippen molar-refractivity contribution in [3.8, 4) is 0 Å². The highest BCUT2D eigenvalue weighted by molar-refractivity contribution is 5.83. The van der Waals surface area contributed by atoms with Gasteiger partial charge in [-0.2, -0.15) is 0 Å².